The standard InChI is InChI=1S/C25H27ClN2O2/c1-6-15-7-8-17-14-28(21(29)19(17)11-15)22-24(2,3)23(25(22,4)5)30-18-10-9-16(13-27)20(26)12-18/h7-12,22-23H,6,14H2,1-5H3. The van der Waals surface area contributed by atoms with Crippen molar-refractivity contribution in [2.24, 2.45) is 10.8 Å². The molecule has 1 saturated carbocycles. The number of benzene rings is 2. The molecule has 0 bridgehead atoms. The second-order valence-corrected chi connectivity index (χ2v) is 9.98. The molecule has 0 saturated heterocycles. The molecule has 2 aromatic carbocycles. The van der Waals surface area contributed by atoms with Crippen molar-refractivity contribution in [1.29, 1.82) is 5.26 Å². The molecule has 0 unspecified atom stereocenters. The van der Waals surface area contributed by atoms with Gasteiger partial charge in [-0.25, -0.2) is 0 Å². The van der Waals surface area contributed by atoms with E-state index < -0.39 is 0 Å². The van der Waals surface area contributed by atoms with E-state index in [1.807, 2.05) is 11.0 Å². The maximum absolute atomic E-state index is 13.3. The largest absolute Gasteiger partial charge is 0.489 e. The Morgan fingerprint density at radius 3 is 2.47 bits per heavy atom. The van der Waals surface area contributed by atoms with Crippen molar-refractivity contribution in [3.05, 3.63) is 63.7 Å². The molecule has 1 heterocycles. The van der Waals surface area contributed by atoms with Crippen LogP contribution >= 0.6 is 11.6 Å². The normalized spacial score (nSPS) is 23.5. The lowest BCUT2D eigenvalue weighted by molar-refractivity contribution is -0.199. The molecule has 1 amide bonds. The molecule has 5 heteroatoms. The van der Waals surface area contributed by atoms with E-state index in [2.05, 4.69) is 52.8 Å². The molecule has 1 aliphatic carbocycles. The number of nitrogens with zero attached hydrogens (tertiary/aromatic N) is 2. The van der Waals surface area contributed by atoms with Gasteiger partial charge in [-0.1, -0.05) is 58.4 Å². The van der Waals surface area contributed by atoms with Crippen molar-refractivity contribution in [3.63, 3.8) is 0 Å². The number of amides is 1. The van der Waals surface area contributed by atoms with E-state index in [1.165, 1.54) is 5.56 Å². The third-order valence-electron chi connectivity index (χ3n) is 6.80. The first-order chi connectivity index (χ1) is 14.1. The van der Waals surface area contributed by atoms with Crippen LogP contribution in [0.4, 0.5) is 0 Å². The number of halogens is 1. The van der Waals surface area contributed by atoms with Gasteiger partial charge in [0.1, 0.15) is 17.9 Å². The zero-order valence-electron chi connectivity index (χ0n) is 18.1. The molecule has 2 aliphatic rings. The minimum atomic E-state index is -0.241. The van der Waals surface area contributed by atoms with Gasteiger partial charge in [0.15, 0.2) is 0 Å². The van der Waals surface area contributed by atoms with Crippen molar-refractivity contribution in [1.82, 2.24) is 4.90 Å². The maximum atomic E-state index is 13.3. The molecule has 2 aromatic rings. The summed E-state index contributed by atoms with van der Waals surface area (Å²) in [6.07, 6.45) is 0.825. The predicted octanol–water partition coefficient (Wildman–Crippen LogP) is 5.61. The van der Waals surface area contributed by atoms with Gasteiger partial charge < -0.3 is 9.64 Å². The summed E-state index contributed by atoms with van der Waals surface area (Å²) >= 11 is 6.19. The lowest BCUT2D eigenvalue weighted by Crippen LogP contribution is -2.74. The first kappa shape index (κ1) is 20.8. The van der Waals surface area contributed by atoms with Crippen LogP contribution in [-0.2, 0) is 13.0 Å². The Balaban J connectivity index is 1.59. The van der Waals surface area contributed by atoms with E-state index in [1.54, 1.807) is 18.2 Å². The molecule has 0 spiro atoms. The van der Waals surface area contributed by atoms with Crippen molar-refractivity contribution >= 4 is 17.5 Å². The number of aryl methyl sites for hydroxylation is 1. The summed E-state index contributed by atoms with van der Waals surface area (Å²) in [5, 5.41) is 9.48. The Labute approximate surface area is 183 Å². The molecule has 156 valence electrons. The summed E-state index contributed by atoms with van der Waals surface area (Å²) in [5.74, 6) is 0.763. The van der Waals surface area contributed by atoms with E-state index in [0.717, 1.165) is 17.5 Å². The molecule has 4 rings (SSSR count). The number of rotatable bonds is 4. The van der Waals surface area contributed by atoms with Crippen LogP contribution in [0, 0.1) is 22.2 Å². The second-order valence-electron chi connectivity index (χ2n) is 9.57. The fourth-order valence-corrected chi connectivity index (χ4v) is 6.02. The highest BCUT2D eigenvalue weighted by atomic mass is 35.5. The Morgan fingerprint density at radius 1 is 1.17 bits per heavy atom. The lowest BCUT2D eigenvalue weighted by Gasteiger charge is -2.65. The van der Waals surface area contributed by atoms with Crippen molar-refractivity contribution < 1.29 is 9.53 Å². The fourth-order valence-electron chi connectivity index (χ4n) is 5.81. The molecule has 0 N–H and O–H groups in total. The van der Waals surface area contributed by atoms with Crippen LogP contribution in [0.1, 0.15) is 61.7 Å². The average molecular weight is 423 g/mol. The van der Waals surface area contributed by atoms with Gasteiger partial charge in [-0.2, -0.15) is 5.26 Å². The summed E-state index contributed by atoms with van der Waals surface area (Å²) < 4.78 is 6.37. The predicted molar refractivity (Wildman–Crippen MR) is 118 cm³/mol. The number of hydrogen-bond acceptors (Lipinski definition) is 3. The Morgan fingerprint density at radius 2 is 1.87 bits per heavy atom. The van der Waals surface area contributed by atoms with Crippen LogP contribution in [0.3, 0.4) is 0 Å². The molecule has 0 aromatic heterocycles. The van der Waals surface area contributed by atoms with Crippen LogP contribution in [0.25, 0.3) is 0 Å². The highest BCUT2D eigenvalue weighted by Crippen LogP contribution is 2.59. The molecule has 1 aliphatic heterocycles. The van der Waals surface area contributed by atoms with Gasteiger partial charge in [-0.05, 0) is 35.7 Å². The molecule has 4 nitrogen and oxygen atoms in total. The first-order valence-electron chi connectivity index (χ1n) is 10.4. The summed E-state index contributed by atoms with van der Waals surface area (Å²) in [4.78, 5) is 15.3. The minimum absolute atomic E-state index is 0.0498. The van der Waals surface area contributed by atoms with E-state index >= 15 is 0 Å². The van der Waals surface area contributed by atoms with Gasteiger partial charge in [-0.15, -0.1) is 0 Å². The third-order valence-corrected chi connectivity index (χ3v) is 7.11. The van der Waals surface area contributed by atoms with Crippen LogP contribution in [-0.4, -0.2) is 23.0 Å². The molecular formula is C25H27ClN2O2. The van der Waals surface area contributed by atoms with Gasteiger partial charge in [0.2, 0.25) is 0 Å². The average Bonchev–Trinajstić information content (AvgIpc) is 3.00. The lowest BCUT2D eigenvalue weighted by atomic mass is 9.49. The Kier molecular flexibility index (Phi) is 4.86. The summed E-state index contributed by atoms with van der Waals surface area (Å²) in [6.45, 7) is 11.4. The second kappa shape index (κ2) is 7.03. The van der Waals surface area contributed by atoms with Gasteiger partial charge in [0.05, 0.1) is 10.6 Å². The molecule has 0 atom stereocenters. The van der Waals surface area contributed by atoms with E-state index in [4.69, 9.17) is 21.6 Å². The first-order valence-corrected chi connectivity index (χ1v) is 10.8. The molecule has 0 radical (unpaired) electrons. The van der Waals surface area contributed by atoms with Crippen LogP contribution in [0.5, 0.6) is 5.75 Å². The maximum Gasteiger partial charge on any atom is 0.254 e. The summed E-state index contributed by atoms with van der Waals surface area (Å²) in [5.41, 5.74) is 3.08. The van der Waals surface area contributed by atoms with E-state index in [9.17, 15) is 4.79 Å². The van der Waals surface area contributed by atoms with Crippen molar-refractivity contribution in [3.8, 4) is 11.8 Å². The quantitative estimate of drug-likeness (QED) is 0.643. The Bertz CT molecular complexity index is 1050. The number of hydrogen-bond donors (Lipinski definition) is 0. The molecular weight excluding hydrogens is 396 g/mol. The molecule has 1 fully saturated rings. The highest BCUT2D eigenvalue weighted by Gasteiger charge is 2.66. The van der Waals surface area contributed by atoms with Crippen molar-refractivity contribution in [2.45, 2.75) is 59.7 Å². The molecule has 30 heavy (non-hydrogen) atoms. The van der Waals surface area contributed by atoms with Gasteiger partial charge in [-0.3, -0.25) is 4.79 Å². The Hall–Kier alpha value is -2.51. The van der Waals surface area contributed by atoms with Gasteiger partial charge in [0, 0.05) is 35.0 Å². The van der Waals surface area contributed by atoms with Crippen LogP contribution in [0.15, 0.2) is 36.4 Å². The van der Waals surface area contributed by atoms with Gasteiger partial charge in [0.25, 0.3) is 5.91 Å². The van der Waals surface area contributed by atoms with Crippen LogP contribution < -0.4 is 4.74 Å². The van der Waals surface area contributed by atoms with E-state index in [-0.39, 0.29) is 28.9 Å². The van der Waals surface area contributed by atoms with Gasteiger partial charge >= 0.3 is 0 Å². The fraction of sp³-hybridized carbons (Fsp3) is 0.440. The van der Waals surface area contributed by atoms with Crippen LogP contribution in [0.2, 0.25) is 5.02 Å². The zero-order chi connectivity index (χ0) is 21.8. The minimum Gasteiger partial charge on any atom is -0.489 e. The number of carbonyl (C=O) groups excluding carboxylic acids is 1. The third kappa shape index (κ3) is 2.99. The zero-order valence-corrected chi connectivity index (χ0v) is 18.9. The smallest absolute Gasteiger partial charge is 0.254 e. The number of carbonyl (C=O) groups is 1. The number of nitriles is 1. The topological polar surface area (TPSA) is 53.3 Å². The van der Waals surface area contributed by atoms with E-state index in [0.29, 0.717) is 22.9 Å². The number of fused-ring (bicyclic) bond motifs is 1. The summed E-state index contributed by atoms with van der Waals surface area (Å²) in [7, 11) is 0. The summed E-state index contributed by atoms with van der Waals surface area (Å²) in [6, 6.07) is 13.5. The highest BCUT2D eigenvalue weighted by molar-refractivity contribution is 6.31. The monoisotopic (exact) mass is 422 g/mol. The SMILES string of the molecule is CCc1ccc2c(c1)C(=O)N(C1C(C)(C)C(Oc3ccc(C#N)c(Cl)c3)C1(C)C)C2. The number of ether oxygens (including phenoxy) is 1. The van der Waals surface area contributed by atoms with Crippen molar-refractivity contribution in [2.75, 3.05) is 0 Å².